The second kappa shape index (κ2) is 12.0. The normalized spacial score (nSPS) is 33.3. The molecule has 246 valence electrons. The molecule has 0 N–H and O–H groups in total. The quantitative estimate of drug-likeness (QED) is 0.331. The van der Waals surface area contributed by atoms with Crippen LogP contribution in [0.3, 0.4) is 0 Å². The van der Waals surface area contributed by atoms with Gasteiger partial charge in [0.05, 0.1) is 29.3 Å². The summed E-state index contributed by atoms with van der Waals surface area (Å²) >= 11 is 0. The molecule has 0 aromatic heterocycles. The molecule has 1 saturated heterocycles. The fraction of sp³-hybridized carbons (Fsp3) is 0.304. The number of hydrogen-bond donors (Lipinski definition) is 0. The van der Waals surface area contributed by atoms with Crippen molar-refractivity contribution in [2.75, 3.05) is 4.90 Å². The molecule has 0 spiro atoms. The third kappa shape index (κ3) is 4.74. The van der Waals surface area contributed by atoms with Gasteiger partial charge in [-0.25, -0.2) is 0 Å². The summed E-state index contributed by atoms with van der Waals surface area (Å²) in [7, 11) is 0. The van der Waals surface area contributed by atoms with Crippen molar-refractivity contribution in [1.29, 1.82) is 10.5 Å². The zero-order valence-corrected chi connectivity index (χ0v) is 28.8. The van der Waals surface area contributed by atoms with Crippen LogP contribution < -0.4 is 4.90 Å². The predicted octanol–water partition coefficient (Wildman–Crippen LogP) is 9.82. The molecule has 1 fully saturated rings. The minimum Gasteiger partial charge on any atom is -0.333 e. The molecule has 8 atom stereocenters. The van der Waals surface area contributed by atoms with E-state index >= 15 is 0 Å². The average molecular weight is 651 g/mol. The second-order valence-corrected chi connectivity index (χ2v) is 15.2. The Morgan fingerprint density at radius 2 is 1.70 bits per heavy atom. The van der Waals surface area contributed by atoms with Crippen LogP contribution in [0.5, 0.6) is 0 Å². The van der Waals surface area contributed by atoms with E-state index in [1.807, 2.05) is 24.3 Å². The Balaban J connectivity index is 1.03. The maximum absolute atomic E-state index is 9.79. The molecule has 0 bridgehead atoms. The van der Waals surface area contributed by atoms with Crippen molar-refractivity contribution < 1.29 is 0 Å². The van der Waals surface area contributed by atoms with E-state index in [1.165, 1.54) is 22.3 Å². The molecule has 4 heteroatoms. The molecular formula is C46H42N4. The van der Waals surface area contributed by atoms with Crippen LogP contribution >= 0.6 is 0 Å². The van der Waals surface area contributed by atoms with Gasteiger partial charge in [0.25, 0.3) is 0 Å². The van der Waals surface area contributed by atoms with Crippen molar-refractivity contribution in [3.8, 4) is 12.1 Å². The summed E-state index contributed by atoms with van der Waals surface area (Å²) in [6.45, 7) is 4.75. The molecule has 7 aliphatic rings. The number of likely N-dealkylation sites (tertiary alicyclic amines) is 1. The first-order valence-corrected chi connectivity index (χ1v) is 18.3. The van der Waals surface area contributed by atoms with Crippen LogP contribution in [0.25, 0.3) is 5.57 Å². The van der Waals surface area contributed by atoms with Gasteiger partial charge in [-0.15, -0.1) is 0 Å². The molecule has 2 heterocycles. The Labute approximate surface area is 296 Å². The van der Waals surface area contributed by atoms with E-state index < -0.39 is 0 Å². The summed E-state index contributed by atoms with van der Waals surface area (Å²) in [6.07, 6.45) is 37.5. The number of nitrogens with zero attached hydrogens (tertiary/aromatic N) is 4. The highest BCUT2D eigenvalue weighted by Crippen LogP contribution is 2.54. The first kappa shape index (κ1) is 30.9. The first-order valence-electron chi connectivity index (χ1n) is 18.3. The van der Waals surface area contributed by atoms with Crippen molar-refractivity contribution in [1.82, 2.24) is 4.90 Å². The molecule has 2 aromatic carbocycles. The van der Waals surface area contributed by atoms with E-state index in [1.54, 1.807) is 0 Å². The fourth-order valence-electron chi connectivity index (χ4n) is 10.2. The van der Waals surface area contributed by atoms with Crippen LogP contribution in [-0.2, 0) is 0 Å². The second-order valence-electron chi connectivity index (χ2n) is 15.2. The lowest BCUT2D eigenvalue weighted by atomic mass is 9.72. The molecule has 50 heavy (non-hydrogen) atoms. The SMILES string of the molecule is CC1=CC=CCC1(C)N1C2C=CC=CC2C2C=C(C3C=CC=C(C4CCC=C5c6cc(C#N)ccc6N(c6cccc(C#N)c6)C54)C3)C=CC21. The third-order valence-corrected chi connectivity index (χ3v) is 12.7. The van der Waals surface area contributed by atoms with E-state index in [9.17, 15) is 10.5 Å². The molecule has 0 radical (unpaired) electrons. The molecule has 9 rings (SSSR count). The largest absolute Gasteiger partial charge is 0.333 e. The maximum Gasteiger partial charge on any atom is 0.0992 e. The van der Waals surface area contributed by atoms with Crippen LogP contribution in [0.1, 0.15) is 56.2 Å². The van der Waals surface area contributed by atoms with Crippen LogP contribution in [-0.4, -0.2) is 28.6 Å². The number of nitriles is 2. The smallest absolute Gasteiger partial charge is 0.0992 e. The highest BCUT2D eigenvalue weighted by atomic mass is 15.3. The summed E-state index contributed by atoms with van der Waals surface area (Å²) in [5.41, 5.74) is 10.3. The van der Waals surface area contributed by atoms with Crippen molar-refractivity contribution in [3.05, 3.63) is 161 Å². The lowest BCUT2D eigenvalue weighted by Gasteiger charge is -2.47. The monoisotopic (exact) mass is 650 g/mol. The Morgan fingerprint density at radius 3 is 2.56 bits per heavy atom. The van der Waals surface area contributed by atoms with Gasteiger partial charge in [-0.3, -0.25) is 4.90 Å². The van der Waals surface area contributed by atoms with Crippen molar-refractivity contribution >= 4 is 16.9 Å². The van der Waals surface area contributed by atoms with Gasteiger partial charge < -0.3 is 4.90 Å². The van der Waals surface area contributed by atoms with Crippen molar-refractivity contribution in [2.45, 2.75) is 63.2 Å². The molecule has 2 aliphatic heterocycles. The minimum atomic E-state index is 0.000633. The lowest BCUT2D eigenvalue weighted by molar-refractivity contribution is 0.105. The van der Waals surface area contributed by atoms with Gasteiger partial charge in [-0.2, -0.15) is 10.5 Å². The van der Waals surface area contributed by atoms with Gasteiger partial charge in [0.2, 0.25) is 0 Å². The molecule has 8 unspecified atom stereocenters. The van der Waals surface area contributed by atoms with E-state index in [0.717, 1.165) is 42.6 Å². The summed E-state index contributed by atoms with van der Waals surface area (Å²) in [5, 5.41) is 19.6. The van der Waals surface area contributed by atoms with Crippen molar-refractivity contribution in [3.63, 3.8) is 0 Å². The standard InChI is InChI=1S/C46H42N4/c1-30-10-5-6-23-46(30,2)50-43-18-4-3-15-38(43)41-27-34(20-22-44(41)50)33-12-8-13-35(26-33)37-16-9-17-39-40-25-32(29-48)19-21-42(40)49(45(37)39)36-14-7-11-31(24-36)28-47/h3-8,10-15,17-22,24-25,27,33,37-38,41,43-45H,9,16,23,26H2,1-2H3. The van der Waals surface area contributed by atoms with Gasteiger partial charge >= 0.3 is 0 Å². The Kier molecular flexibility index (Phi) is 7.42. The van der Waals surface area contributed by atoms with Crippen molar-refractivity contribution in [2.24, 2.45) is 23.7 Å². The summed E-state index contributed by atoms with van der Waals surface area (Å²) in [6, 6.07) is 19.7. The Bertz CT molecular complexity index is 2140. The van der Waals surface area contributed by atoms with Gasteiger partial charge in [-0.05, 0) is 87.1 Å². The number of benzene rings is 2. The van der Waals surface area contributed by atoms with E-state index in [2.05, 4.69) is 139 Å². The van der Waals surface area contributed by atoms with E-state index in [-0.39, 0.29) is 11.6 Å². The number of rotatable bonds is 4. The van der Waals surface area contributed by atoms with Crippen LogP contribution in [0.4, 0.5) is 11.4 Å². The molecule has 2 aromatic rings. The third-order valence-electron chi connectivity index (χ3n) is 12.7. The van der Waals surface area contributed by atoms with E-state index in [0.29, 0.717) is 46.9 Å². The molecule has 5 aliphatic carbocycles. The summed E-state index contributed by atoms with van der Waals surface area (Å²) in [5.74, 6) is 1.54. The molecule has 4 nitrogen and oxygen atoms in total. The fourth-order valence-corrected chi connectivity index (χ4v) is 10.2. The Hall–Kier alpha value is -5.16. The molecule has 0 saturated carbocycles. The van der Waals surface area contributed by atoms with Crippen LogP contribution in [0.15, 0.2) is 144 Å². The summed E-state index contributed by atoms with van der Waals surface area (Å²) < 4.78 is 0. The molecule has 0 amide bonds. The predicted molar refractivity (Wildman–Crippen MR) is 202 cm³/mol. The number of allylic oxidation sites excluding steroid dienone is 10. The van der Waals surface area contributed by atoms with Gasteiger partial charge in [0.1, 0.15) is 0 Å². The zero-order valence-electron chi connectivity index (χ0n) is 28.8. The van der Waals surface area contributed by atoms with Gasteiger partial charge in [0.15, 0.2) is 0 Å². The average Bonchev–Trinajstić information content (AvgIpc) is 3.69. The van der Waals surface area contributed by atoms with Gasteiger partial charge in [-0.1, -0.05) is 102 Å². The topological polar surface area (TPSA) is 54.1 Å². The Morgan fingerprint density at radius 1 is 0.860 bits per heavy atom. The highest BCUT2D eigenvalue weighted by Gasteiger charge is 2.53. The molecular weight excluding hydrogens is 609 g/mol. The number of fused-ring (bicyclic) bond motifs is 6. The minimum absolute atomic E-state index is 0.000633. The lowest BCUT2D eigenvalue weighted by Crippen LogP contribution is -2.54. The first-order chi connectivity index (χ1) is 24.5. The summed E-state index contributed by atoms with van der Waals surface area (Å²) in [4.78, 5) is 5.25. The van der Waals surface area contributed by atoms with Gasteiger partial charge in [0, 0.05) is 58.2 Å². The highest BCUT2D eigenvalue weighted by molar-refractivity contribution is 5.93. The van der Waals surface area contributed by atoms with Crippen LogP contribution in [0, 0.1) is 46.3 Å². The van der Waals surface area contributed by atoms with E-state index in [4.69, 9.17) is 0 Å². The van der Waals surface area contributed by atoms with Crippen LogP contribution in [0.2, 0.25) is 0 Å². The number of anilines is 2. The zero-order chi connectivity index (χ0) is 34.0. The number of hydrogen-bond acceptors (Lipinski definition) is 4. The maximum atomic E-state index is 9.79.